The zero-order valence-corrected chi connectivity index (χ0v) is 16.2. The number of aromatic nitrogens is 1. The van der Waals surface area contributed by atoms with Crippen LogP contribution in [0.25, 0.3) is 10.9 Å². The molecule has 1 aromatic heterocycles. The van der Waals surface area contributed by atoms with Crippen LogP contribution in [0.1, 0.15) is 36.5 Å². The Kier molecular flexibility index (Phi) is 6.52. The van der Waals surface area contributed by atoms with E-state index in [0.29, 0.717) is 34.3 Å². The van der Waals surface area contributed by atoms with Gasteiger partial charge in [-0.2, -0.15) is 0 Å². The van der Waals surface area contributed by atoms with Gasteiger partial charge in [0.15, 0.2) is 0 Å². The first-order valence-corrected chi connectivity index (χ1v) is 9.46. The van der Waals surface area contributed by atoms with Crippen molar-refractivity contribution in [2.45, 2.75) is 26.2 Å². The maximum absolute atomic E-state index is 12.7. The van der Waals surface area contributed by atoms with Gasteiger partial charge >= 0.3 is 0 Å². The van der Waals surface area contributed by atoms with E-state index in [0.717, 1.165) is 12.8 Å². The summed E-state index contributed by atoms with van der Waals surface area (Å²) in [7, 11) is 0. The highest BCUT2D eigenvalue weighted by atomic mass is 16.2. The van der Waals surface area contributed by atoms with E-state index in [4.69, 9.17) is 5.73 Å². The van der Waals surface area contributed by atoms with Crippen LogP contribution in [0.4, 0.5) is 11.4 Å². The van der Waals surface area contributed by atoms with Crippen LogP contribution in [0, 0.1) is 0 Å². The molecule has 0 aliphatic rings. The third-order valence-electron chi connectivity index (χ3n) is 4.28. The summed E-state index contributed by atoms with van der Waals surface area (Å²) >= 11 is 0. The second-order valence-corrected chi connectivity index (χ2v) is 6.53. The van der Waals surface area contributed by atoms with Crippen molar-refractivity contribution in [3.63, 3.8) is 0 Å². The third kappa shape index (κ3) is 5.38. The highest BCUT2D eigenvalue weighted by molar-refractivity contribution is 6.12. The number of rotatable bonds is 6. The molecule has 7 nitrogen and oxygen atoms in total. The maximum Gasteiger partial charge on any atom is 0.258 e. The maximum atomic E-state index is 12.7. The molecule has 0 fully saturated rings. The van der Waals surface area contributed by atoms with Crippen molar-refractivity contribution in [1.29, 1.82) is 0 Å². The lowest BCUT2D eigenvalue weighted by Gasteiger charge is -2.09. The average molecular weight is 389 g/mol. The molecule has 0 saturated carbocycles. The standard InChI is InChI=1S/C22H23N5O2/c1-2-3-9-20(28)25-16-10-11-17-18(12-13-24-19(17)14-16)21(29)27-22(23)26-15-7-5-4-6-8-15/h4-8,10-14H,2-3,9H2,1H3,(H,25,28)(H3,23,26,27,29). The fraction of sp³-hybridized carbons (Fsp3) is 0.182. The number of para-hydroxylation sites is 1. The van der Waals surface area contributed by atoms with E-state index in [1.54, 1.807) is 42.6 Å². The molecular formula is C22H23N5O2. The van der Waals surface area contributed by atoms with E-state index in [1.807, 2.05) is 25.1 Å². The molecule has 2 amide bonds. The smallest absolute Gasteiger partial charge is 0.258 e. The molecule has 3 aromatic rings. The van der Waals surface area contributed by atoms with Crippen molar-refractivity contribution in [2.75, 3.05) is 5.32 Å². The SMILES string of the molecule is CCCCC(=O)Nc1ccc2c(C(=O)NC(N)=Nc3ccccc3)ccnc2c1. The van der Waals surface area contributed by atoms with Crippen LogP contribution in [-0.4, -0.2) is 22.8 Å². The van der Waals surface area contributed by atoms with Gasteiger partial charge in [-0.05, 0) is 42.8 Å². The Morgan fingerprint density at radius 3 is 2.66 bits per heavy atom. The molecule has 0 bridgehead atoms. The Hall–Kier alpha value is -3.74. The first kappa shape index (κ1) is 20.0. The van der Waals surface area contributed by atoms with E-state index in [1.165, 1.54) is 0 Å². The minimum absolute atomic E-state index is 0.00553. The molecule has 29 heavy (non-hydrogen) atoms. The monoisotopic (exact) mass is 389 g/mol. The highest BCUT2D eigenvalue weighted by Gasteiger charge is 2.12. The summed E-state index contributed by atoms with van der Waals surface area (Å²) in [6.07, 6.45) is 3.82. The number of benzene rings is 2. The Bertz CT molecular complexity index is 1050. The molecular weight excluding hydrogens is 366 g/mol. The number of unbranched alkanes of at least 4 members (excludes halogenated alkanes) is 1. The number of guanidine groups is 1. The number of nitrogens with two attached hydrogens (primary N) is 1. The quantitative estimate of drug-likeness (QED) is 0.441. The summed E-state index contributed by atoms with van der Waals surface area (Å²) in [4.78, 5) is 33.1. The van der Waals surface area contributed by atoms with Crippen LogP contribution in [-0.2, 0) is 4.79 Å². The molecule has 2 aromatic carbocycles. The number of amides is 2. The molecule has 0 saturated heterocycles. The molecule has 0 unspecified atom stereocenters. The van der Waals surface area contributed by atoms with Gasteiger partial charge in [0.05, 0.1) is 16.8 Å². The second kappa shape index (κ2) is 9.45. The molecule has 7 heteroatoms. The number of nitrogens with one attached hydrogen (secondary N) is 2. The van der Waals surface area contributed by atoms with Gasteiger partial charge in [-0.15, -0.1) is 0 Å². The van der Waals surface area contributed by atoms with Gasteiger partial charge in [-0.1, -0.05) is 31.5 Å². The minimum atomic E-state index is -0.380. The number of carbonyl (C=O) groups excluding carboxylic acids is 2. The fourth-order valence-electron chi connectivity index (χ4n) is 2.84. The van der Waals surface area contributed by atoms with Crippen molar-refractivity contribution in [1.82, 2.24) is 10.3 Å². The minimum Gasteiger partial charge on any atom is -0.369 e. The molecule has 1 heterocycles. The summed E-state index contributed by atoms with van der Waals surface area (Å²) < 4.78 is 0. The number of nitrogens with zero attached hydrogens (tertiary/aromatic N) is 2. The predicted molar refractivity (Wildman–Crippen MR) is 115 cm³/mol. The van der Waals surface area contributed by atoms with Crippen LogP contribution in [0.2, 0.25) is 0 Å². The van der Waals surface area contributed by atoms with Crippen molar-refractivity contribution >= 4 is 40.1 Å². The Labute approximate surface area is 169 Å². The molecule has 0 spiro atoms. The van der Waals surface area contributed by atoms with E-state index in [2.05, 4.69) is 20.6 Å². The van der Waals surface area contributed by atoms with Gasteiger partial charge in [-0.25, -0.2) is 4.99 Å². The number of pyridine rings is 1. The number of carbonyl (C=O) groups is 2. The van der Waals surface area contributed by atoms with Gasteiger partial charge in [0, 0.05) is 23.7 Å². The van der Waals surface area contributed by atoms with E-state index in [-0.39, 0.29) is 17.8 Å². The summed E-state index contributed by atoms with van der Waals surface area (Å²) in [6.45, 7) is 2.04. The predicted octanol–water partition coefficient (Wildman–Crippen LogP) is 3.74. The van der Waals surface area contributed by atoms with Crippen LogP contribution in [0.5, 0.6) is 0 Å². The van der Waals surface area contributed by atoms with Gasteiger partial charge in [0.1, 0.15) is 0 Å². The topological polar surface area (TPSA) is 109 Å². The molecule has 148 valence electrons. The van der Waals surface area contributed by atoms with Crippen molar-refractivity contribution in [2.24, 2.45) is 10.7 Å². The molecule has 4 N–H and O–H groups in total. The summed E-state index contributed by atoms with van der Waals surface area (Å²) in [5, 5.41) is 6.11. The van der Waals surface area contributed by atoms with Gasteiger partial charge in [0.25, 0.3) is 5.91 Å². The number of hydrogen-bond acceptors (Lipinski definition) is 4. The van der Waals surface area contributed by atoms with Crippen molar-refractivity contribution in [3.8, 4) is 0 Å². The number of fused-ring (bicyclic) bond motifs is 1. The lowest BCUT2D eigenvalue weighted by atomic mass is 10.1. The molecule has 0 radical (unpaired) electrons. The molecule has 0 aliphatic heterocycles. The lowest BCUT2D eigenvalue weighted by Crippen LogP contribution is -2.36. The van der Waals surface area contributed by atoms with Crippen molar-refractivity contribution < 1.29 is 9.59 Å². The second-order valence-electron chi connectivity index (χ2n) is 6.53. The number of aliphatic imine (C=N–C) groups is 1. The first-order valence-electron chi connectivity index (χ1n) is 9.46. The first-order chi connectivity index (χ1) is 14.1. The summed E-state index contributed by atoms with van der Waals surface area (Å²) in [5.74, 6) is -0.412. The largest absolute Gasteiger partial charge is 0.369 e. The van der Waals surface area contributed by atoms with Gasteiger partial charge in [-0.3, -0.25) is 19.9 Å². The lowest BCUT2D eigenvalue weighted by molar-refractivity contribution is -0.116. The van der Waals surface area contributed by atoms with E-state index in [9.17, 15) is 9.59 Å². The van der Waals surface area contributed by atoms with Crippen molar-refractivity contribution in [3.05, 3.63) is 66.4 Å². The summed E-state index contributed by atoms with van der Waals surface area (Å²) in [5.41, 5.74) is 8.18. The molecule has 0 atom stereocenters. The highest BCUT2D eigenvalue weighted by Crippen LogP contribution is 2.21. The third-order valence-corrected chi connectivity index (χ3v) is 4.28. The van der Waals surface area contributed by atoms with E-state index < -0.39 is 0 Å². The number of hydrogen-bond donors (Lipinski definition) is 3. The summed E-state index contributed by atoms with van der Waals surface area (Å²) in [6, 6.07) is 16.0. The van der Waals surface area contributed by atoms with Crippen LogP contribution in [0.15, 0.2) is 65.8 Å². The van der Waals surface area contributed by atoms with Crippen LogP contribution in [0.3, 0.4) is 0 Å². The Balaban J connectivity index is 1.78. The fourth-order valence-corrected chi connectivity index (χ4v) is 2.84. The molecule has 3 rings (SSSR count). The Morgan fingerprint density at radius 1 is 1.10 bits per heavy atom. The molecule has 0 aliphatic carbocycles. The zero-order chi connectivity index (χ0) is 20.6. The van der Waals surface area contributed by atoms with E-state index >= 15 is 0 Å². The number of anilines is 1. The normalized spacial score (nSPS) is 11.3. The van der Waals surface area contributed by atoms with Crippen LogP contribution >= 0.6 is 0 Å². The zero-order valence-electron chi connectivity index (χ0n) is 16.2. The van der Waals surface area contributed by atoms with Gasteiger partial charge < -0.3 is 11.1 Å². The van der Waals surface area contributed by atoms with Crippen LogP contribution < -0.4 is 16.4 Å². The average Bonchev–Trinajstić information content (AvgIpc) is 2.72. The Morgan fingerprint density at radius 2 is 1.90 bits per heavy atom. The van der Waals surface area contributed by atoms with Gasteiger partial charge in [0.2, 0.25) is 11.9 Å².